The van der Waals surface area contributed by atoms with Crippen molar-refractivity contribution in [2.75, 3.05) is 0 Å². The maximum Gasteiger partial charge on any atom is 0.330 e. The van der Waals surface area contributed by atoms with Crippen LogP contribution in [0.4, 0.5) is 0 Å². The lowest BCUT2D eigenvalue weighted by atomic mass is 9.98. The third kappa shape index (κ3) is 4.92. The van der Waals surface area contributed by atoms with Crippen LogP contribution in [0.15, 0.2) is 0 Å². The molecule has 0 amide bonds. The molecule has 0 aromatic carbocycles. The molecular weight excluding hydrogens is 187 g/mol. The summed E-state index contributed by atoms with van der Waals surface area (Å²) in [7, 11) is -1.64. The van der Waals surface area contributed by atoms with Crippen LogP contribution in [0.2, 0.25) is 0 Å². The van der Waals surface area contributed by atoms with Crippen molar-refractivity contribution in [2.45, 2.75) is 58.2 Å². The first-order valence-electron chi connectivity index (χ1n) is 5.01. The molecule has 1 aliphatic carbocycles. The zero-order valence-electron chi connectivity index (χ0n) is 8.40. The van der Waals surface area contributed by atoms with Crippen LogP contribution in [0.1, 0.15) is 46.0 Å². The minimum atomic E-state index is -1.64. The average Bonchev–Trinajstić information content (AvgIpc) is 2.04. The Hall–Kier alpha value is 0.310. The lowest BCUT2D eigenvalue weighted by Crippen LogP contribution is -2.15. The van der Waals surface area contributed by atoms with E-state index in [0.29, 0.717) is 0 Å². The van der Waals surface area contributed by atoms with Crippen LogP contribution in [0.5, 0.6) is 0 Å². The highest BCUT2D eigenvalue weighted by Gasteiger charge is 2.19. The van der Waals surface area contributed by atoms with Gasteiger partial charge in [-0.25, -0.2) is 0 Å². The summed E-state index contributed by atoms with van der Waals surface area (Å²) in [6.07, 6.45) is 6.14. The second-order valence-electron chi connectivity index (χ2n) is 3.76. The third-order valence-corrected chi connectivity index (χ3v) is 3.17. The molecule has 0 aliphatic heterocycles. The molecule has 0 saturated heterocycles. The molecule has 0 aromatic rings. The summed E-state index contributed by atoms with van der Waals surface area (Å²) in [5, 5.41) is 0. The molecule has 0 heterocycles. The summed E-state index contributed by atoms with van der Waals surface area (Å²) < 4.78 is 10.6. The van der Waals surface area contributed by atoms with Crippen molar-refractivity contribution in [3.63, 3.8) is 0 Å². The van der Waals surface area contributed by atoms with Gasteiger partial charge < -0.3 is 13.9 Å². The van der Waals surface area contributed by atoms with E-state index in [2.05, 4.69) is 0 Å². The molecule has 3 nitrogen and oxygen atoms in total. The van der Waals surface area contributed by atoms with Gasteiger partial charge in [0, 0.05) is 0 Å². The average molecular weight is 206 g/mol. The largest absolute Gasteiger partial charge is 0.330 e. The van der Waals surface area contributed by atoms with Crippen LogP contribution in [-0.4, -0.2) is 17.1 Å². The van der Waals surface area contributed by atoms with Gasteiger partial charge in [-0.15, -0.1) is 0 Å². The first-order chi connectivity index (χ1) is 6.18. The highest BCUT2D eigenvalue weighted by Crippen LogP contribution is 2.39. The van der Waals surface area contributed by atoms with Gasteiger partial charge >= 0.3 is 8.60 Å². The molecule has 0 spiro atoms. The van der Waals surface area contributed by atoms with Crippen molar-refractivity contribution < 1.29 is 13.9 Å². The van der Waals surface area contributed by atoms with E-state index in [9.17, 15) is 4.89 Å². The van der Waals surface area contributed by atoms with Crippen molar-refractivity contribution in [3.8, 4) is 0 Å². The minimum absolute atomic E-state index is 0.0414. The quantitative estimate of drug-likeness (QED) is 0.718. The second-order valence-corrected chi connectivity index (χ2v) is 4.65. The molecule has 78 valence electrons. The van der Waals surface area contributed by atoms with Gasteiger partial charge in [0.15, 0.2) is 0 Å². The lowest BCUT2D eigenvalue weighted by Gasteiger charge is -2.24. The maximum absolute atomic E-state index is 9.39. The van der Waals surface area contributed by atoms with Crippen molar-refractivity contribution in [2.24, 2.45) is 0 Å². The fourth-order valence-corrected chi connectivity index (χ4v) is 2.38. The molecule has 1 atom stereocenters. The van der Waals surface area contributed by atoms with Gasteiger partial charge in [-0.3, -0.25) is 0 Å². The van der Waals surface area contributed by atoms with Crippen LogP contribution in [-0.2, 0) is 9.05 Å². The normalized spacial score (nSPS) is 22.2. The number of hydrogen-bond donors (Lipinski definition) is 1. The fraction of sp³-hybridized carbons (Fsp3) is 1.00. The predicted molar refractivity (Wildman–Crippen MR) is 53.3 cm³/mol. The highest BCUT2D eigenvalue weighted by atomic mass is 31.2. The van der Waals surface area contributed by atoms with Gasteiger partial charge in [0.25, 0.3) is 0 Å². The van der Waals surface area contributed by atoms with Crippen LogP contribution < -0.4 is 0 Å². The van der Waals surface area contributed by atoms with E-state index in [-0.39, 0.29) is 12.2 Å². The van der Waals surface area contributed by atoms with Gasteiger partial charge in [-0.05, 0) is 26.7 Å². The summed E-state index contributed by atoms with van der Waals surface area (Å²) in [6, 6.07) is 0. The first kappa shape index (κ1) is 11.4. The first-order valence-corrected chi connectivity index (χ1v) is 6.14. The van der Waals surface area contributed by atoms with Crippen molar-refractivity contribution in [1.82, 2.24) is 0 Å². The van der Waals surface area contributed by atoms with Crippen molar-refractivity contribution >= 4 is 8.60 Å². The molecule has 0 bridgehead atoms. The summed E-state index contributed by atoms with van der Waals surface area (Å²) >= 11 is 0. The molecule has 0 radical (unpaired) electrons. The van der Waals surface area contributed by atoms with E-state index < -0.39 is 8.60 Å². The van der Waals surface area contributed by atoms with E-state index >= 15 is 0 Å². The molecule has 4 heteroatoms. The third-order valence-electron chi connectivity index (χ3n) is 2.09. The summed E-state index contributed by atoms with van der Waals surface area (Å²) in [4.78, 5) is 9.39. The molecular formula is C9H19O3P. The topological polar surface area (TPSA) is 38.7 Å². The van der Waals surface area contributed by atoms with E-state index in [1.54, 1.807) is 0 Å². The predicted octanol–water partition coefficient (Wildman–Crippen LogP) is 2.98. The van der Waals surface area contributed by atoms with Gasteiger partial charge in [-0.1, -0.05) is 19.3 Å². The minimum Gasteiger partial charge on any atom is -0.328 e. The molecule has 13 heavy (non-hydrogen) atoms. The molecule has 1 rings (SSSR count). The van der Waals surface area contributed by atoms with Crippen LogP contribution in [0.25, 0.3) is 0 Å². The van der Waals surface area contributed by atoms with Gasteiger partial charge in [0.2, 0.25) is 0 Å². The Bertz CT molecular complexity index is 135. The zero-order chi connectivity index (χ0) is 9.68. The molecule has 0 aromatic heterocycles. The highest BCUT2D eigenvalue weighted by molar-refractivity contribution is 7.40. The molecule has 1 unspecified atom stereocenters. The van der Waals surface area contributed by atoms with Gasteiger partial charge in [0.1, 0.15) is 0 Å². The molecule has 1 N–H and O–H groups in total. The lowest BCUT2D eigenvalue weighted by molar-refractivity contribution is 0.100. The van der Waals surface area contributed by atoms with Crippen LogP contribution >= 0.6 is 8.60 Å². The smallest absolute Gasteiger partial charge is 0.328 e. The van der Waals surface area contributed by atoms with Crippen LogP contribution in [0.3, 0.4) is 0 Å². The second kappa shape index (κ2) is 5.92. The Morgan fingerprint density at radius 3 is 2.38 bits per heavy atom. The van der Waals surface area contributed by atoms with Gasteiger partial charge in [0.05, 0.1) is 12.2 Å². The summed E-state index contributed by atoms with van der Waals surface area (Å²) in [5.74, 6) is 0. The molecule has 1 aliphatic rings. The fourth-order valence-electron chi connectivity index (χ4n) is 1.50. The molecule has 1 saturated carbocycles. The molecule has 1 fully saturated rings. The van der Waals surface area contributed by atoms with Crippen LogP contribution in [0, 0.1) is 0 Å². The van der Waals surface area contributed by atoms with E-state index in [4.69, 9.17) is 9.05 Å². The summed E-state index contributed by atoms with van der Waals surface area (Å²) in [5.41, 5.74) is 0. The maximum atomic E-state index is 9.39. The van der Waals surface area contributed by atoms with E-state index in [1.165, 1.54) is 19.3 Å². The Morgan fingerprint density at radius 1 is 1.23 bits per heavy atom. The Labute approximate surface area is 81.4 Å². The Kier molecular flexibility index (Phi) is 5.18. The zero-order valence-corrected chi connectivity index (χ0v) is 9.30. The monoisotopic (exact) mass is 206 g/mol. The Balaban J connectivity index is 2.14. The SMILES string of the molecule is CC(C)OP(O)OC1CCCCC1. The van der Waals surface area contributed by atoms with Crippen molar-refractivity contribution in [1.29, 1.82) is 0 Å². The number of rotatable bonds is 4. The van der Waals surface area contributed by atoms with E-state index in [0.717, 1.165) is 12.8 Å². The van der Waals surface area contributed by atoms with E-state index in [1.807, 2.05) is 13.8 Å². The number of hydrogen-bond acceptors (Lipinski definition) is 3. The van der Waals surface area contributed by atoms with Gasteiger partial charge in [-0.2, -0.15) is 0 Å². The standard InChI is InChI=1S/C9H19O3P/c1-8(2)11-13(10)12-9-6-4-3-5-7-9/h8-10H,3-7H2,1-2H3. The van der Waals surface area contributed by atoms with Crippen molar-refractivity contribution in [3.05, 3.63) is 0 Å². The summed E-state index contributed by atoms with van der Waals surface area (Å²) in [6.45, 7) is 3.80. The Morgan fingerprint density at radius 2 is 1.85 bits per heavy atom.